The van der Waals surface area contributed by atoms with Gasteiger partial charge in [0.2, 0.25) is 11.8 Å². The van der Waals surface area contributed by atoms with Crippen LogP contribution in [0.15, 0.2) is 48.5 Å². The number of alkyl halides is 3. The van der Waals surface area contributed by atoms with Gasteiger partial charge in [0.05, 0.1) is 12.1 Å². The van der Waals surface area contributed by atoms with Gasteiger partial charge < -0.3 is 15.5 Å². The van der Waals surface area contributed by atoms with Gasteiger partial charge in [-0.1, -0.05) is 6.07 Å². The quantitative estimate of drug-likeness (QED) is 0.831. The summed E-state index contributed by atoms with van der Waals surface area (Å²) in [6, 6.07) is 11.5. The van der Waals surface area contributed by atoms with E-state index in [1.54, 1.807) is 29.2 Å². The Labute approximate surface area is 154 Å². The van der Waals surface area contributed by atoms with Crippen molar-refractivity contribution in [3.05, 3.63) is 54.1 Å². The van der Waals surface area contributed by atoms with Crippen LogP contribution in [0.3, 0.4) is 0 Å². The Balaban J connectivity index is 1.54. The highest BCUT2D eigenvalue weighted by Gasteiger charge is 2.30. The molecular weight excluding hydrogens is 359 g/mol. The Hall–Kier alpha value is -3.03. The summed E-state index contributed by atoms with van der Waals surface area (Å²) in [6.45, 7) is 0.513. The van der Waals surface area contributed by atoms with Gasteiger partial charge in [-0.05, 0) is 48.9 Å². The lowest BCUT2D eigenvalue weighted by Gasteiger charge is -2.16. The van der Waals surface area contributed by atoms with E-state index in [-0.39, 0.29) is 18.1 Å². The predicted octanol–water partition coefficient (Wildman–Crippen LogP) is 3.88. The Morgan fingerprint density at radius 1 is 1.07 bits per heavy atom. The van der Waals surface area contributed by atoms with Crippen LogP contribution in [0.2, 0.25) is 0 Å². The molecule has 2 N–H and O–H groups in total. The van der Waals surface area contributed by atoms with Crippen molar-refractivity contribution in [3.63, 3.8) is 0 Å². The second-order valence-electron chi connectivity index (χ2n) is 6.18. The molecule has 0 radical (unpaired) electrons. The van der Waals surface area contributed by atoms with Crippen LogP contribution in [0.1, 0.15) is 18.4 Å². The maximum Gasteiger partial charge on any atom is 0.416 e. The standard InChI is InChI=1S/C19H18F3N3O2/c20-19(21,22)13-3-1-4-15(11-13)23-12-17(26)24-14-6-8-16(9-7-14)25-10-2-5-18(25)27/h1,3-4,6-9,11,23H,2,5,10,12H2,(H,24,26). The van der Waals surface area contributed by atoms with Gasteiger partial charge in [0.1, 0.15) is 0 Å². The SMILES string of the molecule is O=C(CNc1cccc(C(F)(F)F)c1)Nc1ccc(N2CCCC2=O)cc1. The molecule has 1 aliphatic rings. The molecule has 3 rings (SSSR count). The molecular formula is C19H18F3N3O2. The second kappa shape index (κ2) is 7.69. The van der Waals surface area contributed by atoms with Crippen molar-refractivity contribution < 1.29 is 22.8 Å². The molecule has 2 aromatic carbocycles. The lowest BCUT2D eigenvalue weighted by atomic mass is 10.2. The van der Waals surface area contributed by atoms with Crippen LogP contribution in [0, 0.1) is 0 Å². The third kappa shape index (κ3) is 4.78. The zero-order chi connectivity index (χ0) is 19.4. The van der Waals surface area contributed by atoms with Crippen molar-refractivity contribution in [1.29, 1.82) is 0 Å². The average molecular weight is 377 g/mol. The van der Waals surface area contributed by atoms with Crippen LogP contribution < -0.4 is 15.5 Å². The molecule has 0 bridgehead atoms. The average Bonchev–Trinajstić information content (AvgIpc) is 3.06. The van der Waals surface area contributed by atoms with Crippen LogP contribution in [-0.2, 0) is 15.8 Å². The Morgan fingerprint density at radius 2 is 1.81 bits per heavy atom. The van der Waals surface area contributed by atoms with Crippen molar-refractivity contribution >= 4 is 28.9 Å². The third-order valence-electron chi connectivity index (χ3n) is 4.18. The first kappa shape index (κ1) is 18.8. The molecule has 0 aromatic heterocycles. The van der Waals surface area contributed by atoms with Crippen molar-refractivity contribution in [1.82, 2.24) is 0 Å². The molecule has 0 spiro atoms. The van der Waals surface area contributed by atoms with Gasteiger partial charge in [-0.3, -0.25) is 9.59 Å². The monoisotopic (exact) mass is 377 g/mol. The molecule has 8 heteroatoms. The summed E-state index contributed by atoms with van der Waals surface area (Å²) < 4.78 is 38.1. The van der Waals surface area contributed by atoms with Crippen LogP contribution >= 0.6 is 0 Å². The molecule has 0 unspecified atom stereocenters. The topological polar surface area (TPSA) is 61.4 Å². The zero-order valence-corrected chi connectivity index (χ0v) is 14.3. The van der Waals surface area contributed by atoms with Gasteiger partial charge in [0, 0.05) is 30.0 Å². The number of hydrogen-bond donors (Lipinski definition) is 2. The zero-order valence-electron chi connectivity index (χ0n) is 14.3. The molecule has 0 aliphatic carbocycles. The summed E-state index contributed by atoms with van der Waals surface area (Å²) in [5.41, 5.74) is 0.752. The summed E-state index contributed by atoms with van der Waals surface area (Å²) in [7, 11) is 0. The first-order valence-electron chi connectivity index (χ1n) is 8.44. The molecule has 0 atom stereocenters. The van der Waals surface area contributed by atoms with Gasteiger partial charge in [-0.15, -0.1) is 0 Å². The second-order valence-corrected chi connectivity index (χ2v) is 6.18. The number of nitrogens with zero attached hydrogens (tertiary/aromatic N) is 1. The van der Waals surface area contributed by atoms with Crippen molar-refractivity contribution in [2.24, 2.45) is 0 Å². The van der Waals surface area contributed by atoms with E-state index in [4.69, 9.17) is 0 Å². The molecule has 1 saturated heterocycles. The summed E-state index contributed by atoms with van der Waals surface area (Å²) in [6.07, 6.45) is -3.06. The lowest BCUT2D eigenvalue weighted by molar-refractivity contribution is -0.137. The predicted molar refractivity (Wildman–Crippen MR) is 96.6 cm³/mol. The van der Waals surface area contributed by atoms with Crippen molar-refractivity contribution in [3.8, 4) is 0 Å². The van der Waals surface area contributed by atoms with E-state index < -0.39 is 17.6 Å². The van der Waals surface area contributed by atoms with Crippen molar-refractivity contribution in [2.75, 3.05) is 28.6 Å². The van der Waals surface area contributed by atoms with Crippen LogP contribution in [0.4, 0.5) is 30.2 Å². The van der Waals surface area contributed by atoms with Gasteiger partial charge in [0.15, 0.2) is 0 Å². The first-order chi connectivity index (χ1) is 12.8. The number of rotatable bonds is 5. The number of hydrogen-bond acceptors (Lipinski definition) is 3. The normalized spacial score (nSPS) is 14.3. The first-order valence-corrected chi connectivity index (χ1v) is 8.44. The number of benzene rings is 2. The van der Waals surface area contributed by atoms with Crippen molar-refractivity contribution in [2.45, 2.75) is 19.0 Å². The minimum Gasteiger partial charge on any atom is -0.376 e. The summed E-state index contributed by atoms with van der Waals surface area (Å²) in [4.78, 5) is 25.4. The summed E-state index contributed by atoms with van der Waals surface area (Å²) in [5, 5.41) is 5.33. The molecule has 1 aliphatic heterocycles. The molecule has 2 amide bonds. The highest BCUT2D eigenvalue weighted by molar-refractivity contribution is 5.96. The minimum atomic E-state index is -4.43. The summed E-state index contributed by atoms with van der Waals surface area (Å²) >= 11 is 0. The maximum atomic E-state index is 12.7. The van der Waals surface area contributed by atoms with Gasteiger partial charge in [-0.25, -0.2) is 0 Å². The third-order valence-corrected chi connectivity index (χ3v) is 4.18. The fourth-order valence-electron chi connectivity index (χ4n) is 2.84. The van der Waals surface area contributed by atoms with Crippen LogP contribution in [-0.4, -0.2) is 24.9 Å². The molecule has 1 fully saturated rings. The molecule has 27 heavy (non-hydrogen) atoms. The Kier molecular flexibility index (Phi) is 5.34. The van der Waals surface area contributed by atoms with Gasteiger partial charge in [-0.2, -0.15) is 13.2 Å². The molecule has 1 heterocycles. The van der Waals surface area contributed by atoms with E-state index in [0.29, 0.717) is 18.7 Å². The number of anilines is 3. The maximum absolute atomic E-state index is 12.7. The largest absolute Gasteiger partial charge is 0.416 e. The minimum absolute atomic E-state index is 0.0806. The molecule has 0 saturated carbocycles. The molecule has 5 nitrogen and oxygen atoms in total. The summed E-state index contributed by atoms with van der Waals surface area (Å²) in [5.74, 6) is -0.311. The number of carbonyl (C=O) groups is 2. The smallest absolute Gasteiger partial charge is 0.376 e. The lowest BCUT2D eigenvalue weighted by Crippen LogP contribution is -2.24. The number of nitrogens with one attached hydrogen (secondary N) is 2. The van der Waals surface area contributed by atoms with E-state index in [2.05, 4.69) is 10.6 Å². The molecule has 142 valence electrons. The van der Waals surface area contributed by atoms with E-state index >= 15 is 0 Å². The molecule has 2 aromatic rings. The highest BCUT2D eigenvalue weighted by atomic mass is 19.4. The Morgan fingerprint density at radius 3 is 2.44 bits per heavy atom. The van der Waals surface area contributed by atoms with E-state index in [0.717, 1.165) is 24.2 Å². The fourth-order valence-corrected chi connectivity index (χ4v) is 2.84. The van der Waals surface area contributed by atoms with E-state index in [9.17, 15) is 22.8 Å². The van der Waals surface area contributed by atoms with Gasteiger partial charge >= 0.3 is 6.18 Å². The fraction of sp³-hybridized carbons (Fsp3) is 0.263. The highest BCUT2D eigenvalue weighted by Crippen LogP contribution is 2.30. The van der Waals surface area contributed by atoms with E-state index in [1.165, 1.54) is 12.1 Å². The Bertz CT molecular complexity index is 835. The number of halogens is 3. The van der Waals surface area contributed by atoms with E-state index in [1.807, 2.05) is 0 Å². The number of carbonyl (C=O) groups excluding carboxylic acids is 2. The number of amides is 2. The van der Waals surface area contributed by atoms with Crippen LogP contribution in [0.25, 0.3) is 0 Å². The van der Waals surface area contributed by atoms with Crippen LogP contribution in [0.5, 0.6) is 0 Å². The van der Waals surface area contributed by atoms with Gasteiger partial charge in [0.25, 0.3) is 0 Å².